The van der Waals surface area contributed by atoms with E-state index in [1.54, 1.807) is 12.1 Å². The minimum Gasteiger partial charge on any atom is -0.458 e. The molecule has 8 nitrogen and oxygen atoms in total. The van der Waals surface area contributed by atoms with Crippen LogP contribution in [0.1, 0.15) is 71.1 Å². The molecule has 180 valence electrons. The zero-order chi connectivity index (χ0) is 24.8. The number of Topliss-reactive ketones (excluding diaryl/α,β-unsaturated/α-hetero) is 1. The van der Waals surface area contributed by atoms with E-state index in [1.165, 1.54) is 36.4 Å². The summed E-state index contributed by atoms with van der Waals surface area (Å²) in [5.74, 6) is -0.827. The molecule has 1 aliphatic carbocycles. The van der Waals surface area contributed by atoms with Crippen LogP contribution in [0.15, 0.2) is 48.5 Å². The van der Waals surface area contributed by atoms with Gasteiger partial charge in [-0.2, -0.15) is 0 Å². The number of benzene rings is 2. The number of ketones is 1. The van der Waals surface area contributed by atoms with Crippen LogP contribution in [-0.2, 0) is 9.47 Å². The molecule has 1 aliphatic rings. The summed E-state index contributed by atoms with van der Waals surface area (Å²) in [6.45, 7) is 5.82. The third-order valence-electron chi connectivity index (χ3n) is 6.32. The van der Waals surface area contributed by atoms with E-state index in [0.29, 0.717) is 11.8 Å². The first-order valence-electron chi connectivity index (χ1n) is 11.4. The SMILES string of the molecule is CC1CCC(C(C)C)C(OC(=O)c2ccccc2C(=O)OCC(=O)c2ccc([N+](=O)[O-])cc2)C1. The number of non-ortho nitro benzene ring substituents is 1. The summed E-state index contributed by atoms with van der Waals surface area (Å²) < 4.78 is 11.0. The van der Waals surface area contributed by atoms with E-state index in [1.807, 2.05) is 0 Å². The van der Waals surface area contributed by atoms with E-state index in [0.717, 1.165) is 19.3 Å². The zero-order valence-corrected chi connectivity index (χ0v) is 19.6. The third-order valence-corrected chi connectivity index (χ3v) is 6.32. The molecule has 3 unspecified atom stereocenters. The summed E-state index contributed by atoms with van der Waals surface area (Å²) in [4.78, 5) is 48.2. The number of nitro benzene ring substituents is 1. The molecule has 0 spiro atoms. The van der Waals surface area contributed by atoms with Crippen LogP contribution in [0.5, 0.6) is 0 Å². The summed E-state index contributed by atoms with van der Waals surface area (Å²) in [6, 6.07) is 11.2. The third kappa shape index (κ3) is 6.07. The first-order chi connectivity index (χ1) is 16.2. The molecule has 0 radical (unpaired) electrons. The van der Waals surface area contributed by atoms with Gasteiger partial charge in [0.1, 0.15) is 6.10 Å². The smallest absolute Gasteiger partial charge is 0.339 e. The Balaban J connectivity index is 1.67. The lowest BCUT2D eigenvalue weighted by Crippen LogP contribution is -2.36. The van der Waals surface area contributed by atoms with Crippen LogP contribution in [0, 0.1) is 27.9 Å². The standard InChI is InChI=1S/C26H29NO7/c1-16(2)20-13-8-17(3)14-24(20)34-26(30)22-7-5-4-6-21(22)25(29)33-15-23(28)18-9-11-19(12-10-18)27(31)32/h4-7,9-12,16-17,20,24H,8,13-15H2,1-3H3. The van der Waals surface area contributed by atoms with Gasteiger partial charge < -0.3 is 9.47 Å². The van der Waals surface area contributed by atoms with E-state index < -0.39 is 29.3 Å². The van der Waals surface area contributed by atoms with E-state index >= 15 is 0 Å². The van der Waals surface area contributed by atoms with Crippen LogP contribution in [0.25, 0.3) is 0 Å². The maximum absolute atomic E-state index is 13.0. The molecular weight excluding hydrogens is 438 g/mol. The lowest BCUT2D eigenvalue weighted by Gasteiger charge is -2.36. The molecule has 0 N–H and O–H groups in total. The Morgan fingerprint density at radius 3 is 2.21 bits per heavy atom. The lowest BCUT2D eigenvalue weighted by atomic mass is 9.75. The van der Waals surface area contributed by atoms with Gasteiger partial charge in [-0.15, -0.1) is 0 Å². The molecule has 0 amide bonds. The molecule has 0 heterocycles. The van der Waals surface area contributed by atoms with Gasteiger partial charge in [0.25, 0.3) is 5.69 Å². The number of nitro groups is 1. The van der Waals surface area contributed by atoms with Crippen molar-refractivity contribution in [3.05, 3.63) is 75.3 Å². The number of esters is 2. The van der Waals surface area contributed by atoms with Crippen LogP contribution in [-0.4, -0.2) is 35.4 Å². The summed E-state index contributed by atoms with van der Waals surface area (Å²) in [7, 11) is 0. The van der Waals surface area contributed by atoms with Crippen molar-refractivity contribution in [1.29, 1.82) is 0 Å². The molecule has 0 aromatic heterocycles. The highest BCUT2D eigenvalue weighted by Gasteiger charge is 2.34. The second kappa shape index (κ2) is 11.0. The largest absolute Gasteiger partial charge is 0.458 e. The predicted octanol–water partition coefficient (Wildman–Crippen LogP) is 5.25. The molecule has 1 fully saturated rings. The number of nitrogens with zero attached hydrogens (tertiary/aromatic N) is 1. The second-order valence-corrected chi connectivity index (χ2v) is 9.12. The number of rotatable bonds is 8. The fraction of sp³-hybridized carbons (Fsp3) is 0.423. The van der Waals surface area contributed by atoms with Gasteiger partial charge in [0.2, 0.25) is 0 Å². The van der Waals surface area contributed by atoms with Crippen molar-refractivity contribution < 1.29 is 28.8 Å². The summed E-state index contributed by atoms with van der Waals surface area (Å²) >= 11 is 0. The van der Waals surface area contributed by atoms with Gasteiger partial charge in [-0.3, -0.25) is 14.9 Å². The highest BCUT2D eigenvalue weighted by Crippen LogP contribution is 2.35. The van der Waals surface area contributed by atoms with Gasteiger partial charge in [-0.1, -0.05) is 39.3 Å². The fourth-order valence-electron chi connectivity index (χ4n) is 4.35. The number of carbonyl (C=O) groups is 3. The van der Waals surface area contributed by atoms with Crippen molar-refractivity contribution in [1.82, 2.24) is 0 Å². The molecule has 34 heavy (non-hydrogen) atoms. The maximum Gasteiger partial charge on any atom is 0.339 e. The highest BCUT2D eigenvalue weighted by molar-refractivity contribution is 6.04. The average Bonchev–Trinajstić information content (AvgIpc) is 2.82. The molecule has 0 aliphatic heterocycles. The van der Waals surface area contributed by atoms with Crippen LogP contribution >= 0.6 is 0 Å². The minimum atomic E-state index is -0.819. The van der Waals surface area contributed by atoms with E-state index in [2.05, 4.69) is 20.8 Å². The maximum atomic E-state index is 13.0. The molecule has 3 rings (SSSR count). The van der Waals surface area contributed by atoms with Gasteiger partial charge in [0.05, 0.1) is 16.1 Å². The average molecular weight is 468 g/mol. The first kappa shape index (κ1) is 25.1. The summed E-state index contributed by atoms with van der Waals surface area (Å²) in [5.41, 5.74) is 0.148. The molecule has 0 saturated heterocycles. The highest BCUT2D eigenvalue weighted by atomic mass is 16.6. The second-order valence-electron chi connectivity index (χ2n) is 9.12. The first-order valence-corrected chi connectivity index (χ1v) is 11.4. The Hall–Kier alpha value is -3.55. The molecule has 3 atom stereocenters. The Morgan fingerprint density at radius 2 is 1.62 bits per heavy atom. The quantitative estimate of drug-likeness (QED) is 0.225. The van der Waals surface area contributed by atoms with E-state index in [4.69, 9.17) is 9.47 Å². The van der Waals surface area contributed by atoms with Crippen molar-refractivity contribution in [3.63, 3.8) is 0 Å². The minimum absolute atomic E-state index is 0.0222. The Morgan fingerprint density at radius 1 is 1.00 bits per heavy atom. The van der Waals surface area contributed by atoms with Crippen molar-refractivity contribution in [3.8, 4) is 0 Å². The normalized spacial score (nSPS) is 19.9. The predicted molar refractivity (Wildman–Crippen MR) is 125 cm³/mol. The van der Waals surface area contributed by atoms with Crippen LogP contribution in [0.2, 0.25) is 0 Å². The molecule has 0 bridgehead atoms. The van der Waals surface area contributed by atoms with Crippen LogP contribution in [0.4, 0.5) is 5.69 Å². The van der Waals surface area contributed by atoms with Crippen LogP contribution in [0.3, 0.4) is 0 Å². The molecular formula is C26H29NO7. The van der Waals surface area contributed by atoms with Crippen molar-refractivity contribution in [2.45, 2.75) is 46.1 Å². The lowest BCUT2D eigenvalue weighted by molar-refractivity contribution is -0.384. The van der Waals surface area contributed by atoms with Crippen molar-refractivity contribution in [2.24, 2.45) is 17.8 Å². The van der Waals surface area contributed by atoms with Crippen molar-refractivity contribution in [2.75, 3.05) is 6.61 Å². The van der Waals surface area contributed by atoms with E-state index in [-0.39, 0.29) is 34.4 Å². The number of hydrogen-bond acceptors (Lipinski definition) is 7. The van der Waals surface area contributed by atoms with Gasteiger partial charge in [0, 0.05) is 17.7 Å². The Bertz CT molecular complexity index is 1060. The Labute approximate surface area is 198 Å². The fourth-order valence-corrected chi connectivity index (χ4v) is 4.35. The Kier molecular flexibility index (Phi) is 8.15. The summed E-state index contributed by atoms with van der Waals surface area (Å²) in [6.07, 6.45) is 2.66. The van der Waals surface area contributed by atoms with Gasteiger partial charge in [-0.05, 0) is 54.9 Å². The molecule has 1 saturated carbocycles. The number of ether oxygens (including phenoxy) is 2. The van der Waals surface area contributed by atoms with Gasteiger partial charge in [0.15, 0.2) is 12.4 Å². The topological polar surface area (TPSA) is 113 Å². The summed E-state index contributed by atoms with van der Waals surface area (Å²) in [5, 5.41) is 10.7. The van der Waals surface area contributed by atoms with Gasteiger partial charge >= 0.3 is 11.9 Å². The monoisotopic (exact) mass is 467 g/mol. The van der Waals surface area contributed by atoms with Crippen molar-refractivity contribution >= 4 is 23.4 Å². The van der Waals surface area contributed by atoms with Crippen LogP contribution < -0.4 is 0 Å². The number of carbonyl (C=O) groups excluding carboxylic acids is 3. The zero-order valence-electron chi connectivity index (χ0n) is 19.6. The molecule has 2 aromatic carbocycles. The van der Waals surface area contributed by atoms with Gasteiger partial charge in [-0.25, -0.2) is 9.59 Å². The van der Waals surface area contributed by atoms with E-state index in [9.17, 15) is 24.5 Å². The molecule has 8 heteroatoms. The molecule has 2 aromatic rings. The number of hydrogen-bond donors (Lipinski definition) is 0.